The Labute approximate surface area is 127 Å². The number of nitrogens with zero attached hydrogens (tertiary/aromatic N) is 1. The predicted octanol–water partition coefficient (Wildman–Crippen LogP) is 1.63. The van der Waals surface area contributed by atoms with Crippen LogP contribution in [0.2, 0.25) is 0 Å². The van der Waals surface area contributed by atoms with Crippen LogP contribution >= 0.6 is 11.3 Å². The molecule has 2 aliphatic rings. The third-order valence-electron chi connectivity index (χ3n) is 4.39. The van der Waals surface area contributed by atoms with E-state index in [-0.39, 0.29) is 17.7 Å². The molecular weight excluding hydrogens is 288 g/mol. The van der Waals surface area contributed by atoms with Gasteiger partial charge in [0.25, 0.3) is 0 Å². The summed E-state index contributed by atoms with van der Waals surface area (Å²) in [5.74, 6) is -1.88. The largest absolute Gasteiger partial charge is 0.481 e. The topological polar surface area (TPSA) is 79.3 Å². The number of fused-ring (bicyclic) bond motifs is 2. The first-order valence-corrected chi connectivity index (χ1v) is 8.04. The highest BCUT2D eigenvalue weighted by atomic mass is 32.1. The Kier molecular flexibility index (Phi) is 3.80. The molecule has 3 rings (SSSR count). The number of aryl methyl sites for hydroxylation is 1. The lowest BCUT2D eigenvalue weighted by molar-refractivity contribution is -0.147. The van der Waals surface area contributed by atoms with E-state index in [2.05, 4.69) is 10.3 Å². The summed E-state index contributed by atoms with van der Waals surface area (Å²) < 4.78 is 0. The zero-order chi connectivity index (χ0) is 15.0. The highest BCUT2D eigenvalue weighted by molar-refractivity contribution is 7.09. The lowest BCUT2D eigenvalue weighted by atomic mass is 9.82. The van der Waals surface area contributed by atoms with Crippen LogP contribution in [0.5, 0.6) is 0 Å². The summed E-state index contributed by atoms with van der Waals surface area (Å²) >= 11 is 1.59. The second kappa shape index (κ2) is 5.60. The van der Waals surface area contributed by atoms with E-state index in [4.69, 9.17) is 0 Å². The number of nitrogens with one attached hydrogen (secondary N) is 1. The summed E-state index contributed by atoms with van der Waals surface area (Å²) in [6.07, 6.45) is 5.42. The van der Waals surface area contributed by atoms with Crippen LogP contribution in [0, 0.1) is 30.6 Å². The van der Waals surface area contributed by atoms with Gasteiger partial charge in [0, 0.05) is 18.3 Å². The molecule has 112 valence electrons. The Morgan fingerprint density at radius 3 is 2.71 bits per heavy atom. The summed E-state index contributed by atoms with van der Waals surface area (Å²) in [6, 6.07) is 0. The number of hydrogen-bond donors (Lipinski definition) is 2. The van der Waals surface area contributed by atoms with E-state index in [1.54, 1.807) is 11.3 Å². The highest BCUT2D eigenvalue weighted by Gasteiger charge is 2.51. The zero-order valence-electron chi connectivity index (χ0n) is 11.8. The average Bonchev–Trinajstić information content (AvgIpc) is 3.13. The van der Waals surface area contributed by atoms with Crippen LogP contribution in [0.15, 0.2) is 17.5 Å². The van der Waals surface area contributed by atoms with Gasteiger partial charge in [-0.3, -0.25) is 9.59 Å². The molecular formula is C15H18N2O3S. The van der Waals surface area contributed by atoms with Crippen LogP contribution in [-0.2, 0) is 16.0 Å². The Hall–Kier alpha value is -1.69. The monoisotopic (exact) mass is 306 g/mol. The van der Waals surface area contributed by atoms with Crippen LogP contribution in [0.1, 0.15) is 17.1 Å². The van der Waals surface area contributed by atoms with Gasteiger partial charge < -0.3 is 10.4 Å². The standard InChI is InChI=1S/C15H18N2O3S/c1-8-17-11(7-21-8)4-5-16-14(18)12-9-2-3-10(6-9)13(12)15(19)20/h2-3,7,9-10,12-13H,4-6H2,1H3,(H,16,18)(H,19,20). The van der Waals surface area contributed by atoms with Gasteiger partial charge in [0.1, 0.15) is 0 Å². The lowest BCUT2D eigenvalue weighted by Crippen LogP contribution is -2.40. The lowest BCUT2D eigenvalue weighted by Gasteiger charge is -2.23. The van der Waals surface area contributed by atoms with Gasteiger partial charge >= 0.3 is 5.97 Å². The van der Waals surface area contributed by atoms with E-state index >= 15 is 0 Å². The van der Waals surface area contributed by atoms with Crippen molar-refractivity contribution in [2.45, 2.75) is 19.8 Å². The summed E-state index contributed by atoms with van der Waals surface area (Å²) in [5, 5.41) is 15.2. The number of carboxylic acid groups (broad SMARTS) is 1. The van der Waals surface area contributed by atoms with Gasteiger partial charge in [-0.25, -0.2) is 4.98 Å². The number of rotatable bonds is 5. The number of aromatic nitrogens is 1. The minimum atomic E-state index is -0.859. The van der Waals surface area contributed by atoms with E-state index in [1.165, 1.54) is 0 Å². The van der Waals surface area contributed by atoms with Crippen molar-refractivity contribution in [2.24, 2.45) is 23.7 Å². The third kappa shape index (κ3) is 2.72. The number of carbonyl (C=O) groups is 2. The van der Waals surface area contributed by atoms with Crippen molar-refractivity contribution in [1.82, 2.24) is 10.3 Å². The van der Waals surface area contributed by atoms with Crippen LogP contribution in [0.3, 0.4) is 0 Å². The smallest absolute Gasteiger partial charge is 0.307 e. The maximum absolute atomic E-state index is 12.3. The molecule has 1 fully saturated rings. The maximum Gasteiger partial charge on any atom is 0.307 e. The second-order valence-corrected chi connectivity index (χ2v) is 6.80. The average molecular weight is 306 g/mol. The summed E-state index contributed by atoms with van der Waals surface area (Å²) in [7, 11) is 0. The summed E-state index contributed by atoms with van der Waals surface area (Å²) in [6.45, 7) is 2.46. The number of aliphatic carboxylic acids is 1. The Bertz CT molecular complexity index is 595. The first-order valence-electron chi connectivity index (χ1n) is 7.16. The number of allylic oxidation sites excluding steroid dienone is 2. The van der Waals surface area contributed by atoms with Gasteiger partial charge in [0.2, 0.25) is 5.91 Å². The van der Waals surface area contributed by atoms with Crippen LogP contribution in [-0.4, -0.2) is 28.5 Å². The van der Waals surface area contributed by atoms with Gasteiger partial charge in [-0.1, -0.05) is 12.2 Å². The molecule has 0 aromatic carbocycles. The van der Waals surface area contributed by atoms with E-state index in [9.17, 15) is 14.7 Å². The molecule has 1 saturated carbocycles. The van der Waals surface area contributed by atoms with Gasteiger partial charge in [-0.15, -0.1) is 11.3 Å². The maximum atomic E-state index is 12.3. The van der Waals surface area contributed by atoms with Crippen molar-refractivity contribution >= 4 is 23.2 Å². The van der Waals surface area contributed by atoms with E-state index in [1.807, 2.05) is 24.5 Å². The highest BCUT2D eigenvalue weighted by Crippen LogP contribution is 2.48. The van der Waals surface area contributed by atoms with Crippen molar-refractivity contribution < 1.29 is 14.7 Å². The SMILES string of the molecule is Cc1nc(CCNC(=O)C2C3C=CC(C3)C2C(=O)O)cs1. The number of carboxylic acids is 1. The first kappa shape index (κ1) is 14.3. The molecule has 0 spiro atoms. The molecule has 4 unspecified atom stereocenters. The van der Waals surface area contributed by atoms with Crippen molar-refractivity contribution in [3.8, 4) is 0 Å². The van der Waals surface area contributed by atoms with E-state index in [0.29, 0.717) is 13.0 Å². The molecule has 1 aromatic rings. The zero-order valence-corrected chi connectivity index (χ0v) is 12.6. The van der Waals surface area contributed by atoms with Gasteiger partial charge in [0.05, 0.1) is 22.5 Å². The minimum absolute atomic E-state index is 0.0180. The van der Waals surface area contributed by atoms with Gasteiger partial charge in [-0.2, -0.15) is 0 Å². The number of hydrogen-bond acceptors (Lipinski definition) is 4. The predicted molar refractivity (Wildman–Crippen MR) is 78.9 cm³/mol. The van der Waals surface area contributed by atoms with Crippen LogP contribution in [0.4, 0.5) is 0 Å². The molecule has 1 aromatic heterocycles. The molecule has 5 nitrogen and oxygen atoms in total. The molecule has 2 bridgehead atoms. The van der Waals surface area contributed by atoms with Crippen molar-refractivity contribution in [3.63, 3.8) is 0 Å². The van der Waals surface area contributed by atoms with Gasteiger partial charge in [-0.05, 0) is 25.2 Å². The summed E-state index contributed by atoms with van der Waals surface area (Å²) in [5.41, 5.74) is 0.973. The Morgan fingerprint density at radius 2 is 2.10 bits per heavy atom. The fraction of sp³-hybridized carbons (Fsp3) is 0.533. The molecule has 4 atom stereocenters. The molecule has 1 amide bonds. The molecule has 0 aliphatic heterocycles. The number of carbonyl (C=O) groups excluding carboxylic acids is 1. The van der Waals surface area contributed by atoms with Crippen molar-refractivity contribution in [2.75, 3.05) is 6.54 Å². The van der Waals surface area contributed by atoms with Crippen LogP contribution in [0.25, 0.3) is 0 Å². The van der Waals surface area contributed by atoms with E-state index in [0.717, 1.165) is 17.1 Å². The number of thiazole rings is 1. The Balaban J connectivity index is 1.57. The van der Waals surface area contributed by atoms with Crippen LogP contribution < -0.4 is 5.32 Å². The normalized spacial score (nSPS) is 29.8. The minimum Gasteiger partial charge on any atom is -0.481 e. The molecule has 2 N–H and O–H groups in total. The molecule has 1 heterocycles. The fourth-order valence-electron chi connectivity index (χ4n) is 3.47. The first-order chi connectivity index (χ1) is 10.1. The third-order valence-corrected chi connectivity index (χ3v) is 5.22. The van der Waals surface area contributed by atoms with Crippen molar-refractivity contribution in [1.29, 1.82) is 0 Å². The van der Waals surface area contributed by atoms with Gasteiger partial charge in [0.15, 0.2) is 0 Å². The fourth-order valence-corrected chi connectivity index (χ4v) is 4.12. The Morgan fingerprint density at radius 1 is 1.38 bits per heavy atom. The number of amides is 1. The van der Waals surface area contributed by atoms with Crippen molar-refractivity contribution in [3.05, 3.63) is 28.2 Å². The molecule has 21 heavy (non-hydrogen) atoms. The second-order valence-electron chi connectivity index (χ2n) is 5.74. The van der Waals surface area contributed by atoms with E-state index < -0.39 is 17.8 Å². The summed E-state index contributed by atoms with van der Waals surface area (Å²) in [4.78, 5) is 28.0. The molecule has 6 heteroatoms. The quantitative estimate of drug-likeness (QED) is 0.810. The molecule has 0 radical (unpaired) electrons. The molecule has 2 aliphatic carbocycles. The molecule has 0 saturated heterocycles.